The van der Waals surface area contributed by atoms with Crippen molar-refractivity contribution in [3.05, 3.63) is 62.7 Å². The van der Waals surface area contributed by atoms with Gasteiger partial charge in [-0.3, -0.25) is 10.1 Å². The van der Waals surface area contributed by atoms with Gasteiger partial charge in [0.25, 0.3) is 5.69 Å². The van der Waals surface area contributed by atoms with Crippen LogP contribution >= 0.6 is 11.6 Å². The maximum Gasteiger partial charge on any atom is 0.349 e. The molecule has 0 radical (unpaired) electrons. The topological polar surface area (TPSA) is 78.7 Å². The molecule has 0 amide bonds. The van der Waals surface area contributed by atoms with Gasteiger partial charge in [0.1, 0.15) is 11.5 Å². The number of halogens is 1. The molecule has 0 aromatic heterocycles. The summed E-state index contributed by atoms with van der Waals surface area (Å²) < 4.78 is 10.5. The monoisotopic (exact) mass is 335 g/mol. The molecule has 0 aliphatic carbocycles. The van der Waals surface area contributed by atoms with Gasteiger partial charge in [0.2, 0.25) is 0 Å². The number of rotatable bonds is 5. The molecule has 0 spiro atoms. The molecule has 2 aromatic carbocycles. The Morgan fingerprint density at radius 3 is 2.39 bits per heavy atom. The molecule has 2 rings (SSSR count). The van der Waals surface area contributed by atoms with Gasteiger partial charge in [-0.15, -0.1) is 0 Å². The van der Waals surface area contributed by atoms with Crippen molar-refractivity contribution in [1.82, 2.24) is 0 Å². The van der Waals surface area contributed by atoms with Crippen LogP contribution < -0.4 is 9.47 Å². The number of carbonyl (C=O) groups is 1. The summed E-state index contributed by atoms with van der Waals surface area (Å²) in [6.45, 7) is 3.13. The lowest BCUT2D eigenvalue weighted by Gasteiger charge is -2.10. The number of aryl methyl sites for hydroxylation is 2. The van der Waals surface area contributed by atoms with Crippen LogP contribution in [-0.4, -0.2) is 17.5 Å². The Balaban J connectivity index is 1.98. The summed E-state index contributed by atoms with van der Waals surface area (Å²) in [6.07, 6.45) is 0. The summed E-state index contributed by atoms with van der Waals surface area (Å²) >= 11 is 5.83. The molecule has 0 atom stereocenters. The zero-order valence-electron chi connectivity index (χ0n) is 12.5. The van der Waals surface area contributed by atoms with Crippen molar-refractivity contribution in [2.45, 2.75) is 13.8 Å². The smallest absolute Gasteiger partial charge is 0.349 e. The van der Waals surface area contributed by atoms with E-state index in [9.17, 15) is 14.9 Å². The number of nitro benzene ring substituents is 1. The summed E-state index contributed by atoms with van der Waals surface area (Å²) in [5, 5.41) is 11.2. The van der Waals surface area contributed by atoms with Gasteiger partial charge in [0.15, 0.2) is 6.61 Å². The molecule has 120 valence electrons. The van der Waals surface area contributed by atoms with E-state index in [1.165, 1.54) is 18.2 Å². The lowest BCUT2D eigenvalue weighted by molar-refractivity contribution is -0.384. The van der Waals surface area contributed by atoms with Crippen LogP contribution in [0.5, 0.6) is 11.5 Å². The van der Waals surface area contributed by atoms with E-state index in [4.69, 9.17) is 21.1 Å². The molecule has 0 bridgehead atoms. The predicted molar refractivity (Wildman–Crippen MR) is 85.2 cm³/mol. The van der Waals surface area contributed by atoms with Crippen LogP contribution in [0.15, 0.2) is 36.4 Å². The number of nitro groups is 1. The maximum atomic E-state index is 11.8. The second kappa shape index (κ2) is 7.11. The summed E-state index contributed by atoms with van der Waals surface area (Å²) in [4.78, 5) is 22.0. The fourth-order valence-corrected chi connectivity index (χ4v) is 2.15. The second-order valence-electron chi connectivity index (χ2n) is 4.88. The number of nitrogens with zero attached hydrogens (tertiary/aromatic N) is 1. The van der Waals surface area contributed by atoms with E-state index in [-0.39, 0.29) is 12.3 Å². The van der Waals surface area contributed by atoms with Gasteiger partial charge in [-0.25, -0.2) is 4.79 Å². The molecule has 23 heavy (non-hydrogen) atoms. The first-order valence-electron chi connectivity index (χ1n) is 6.71. The van der Waals surface area contributed by atoms with Crippen molar-refractivity contribution in [3.63, 3.8) is 0 Å². The zero-order chi connectivity index (χ0) is 17.0. The molecule has 2 aromatic rings. The Morgan fingerprint density at radius 2 is 1.78 bits per heavy atom. The Hall–Kier alpha value is -2.60. The van der Waals surface area contributed by atoms with Gasteiger partial charge in [0, 0.05) is 17.2 Å². The molecule has 0 saturated carbocycles. The first-order valence-corrected chi connectivity index (χ1v) is 7.09. The third kappa shape index (κ3) is 4.43. The molecule has 0 aliphatic heterocycles. The minimum absolute atomic E-state index is 0.0331. The first-order chi connectivity index (χ1) is 10.9. The molecule has 7 heteroatoms. The average molecular weight is 336 g/mol. The number of non-ortho nitro benzene ring substituents is 1. The largest absolute Gasteiger partial charge is 0.482 e. The van der Waals surface area contributed by atoms with Crippen molar-refractivity contribution < 1.29 is 19.2 Å². The summed E-state index contributed by atoms with van der Waals surface area (Å²) in [6, 6.07) is 9.06. The van der Waals surface area contributed by atoms with Gasteiger partial charge < -0.3 is 9.47 Å². The van der Waals surface area contributed by atoms with Crippen LogP contribution in [0.25, 0.3) is 0 Å². The SMILES string of the molecule is Cc1cc([N+](=O)[O-])ccc1OCC(=O)Oc1ccc(Cl)cc1C. The maximum absolute atomic E-state index is 11.8. The van der Waals surface area contributed by atoms with Crippen LogP contribution in [0, 0.1) is 24.0 Å². The molecule has 0 aliphatic rings. The van der Waals surface area contributed by atoms with Gasteiger partial charge in [-0.2, -0.15) is 0 Å². The van der Waals surface area contributed by atoms with E-state index in [2.05, 4.69) is 0 Å². The van der Waals surface area contributed by atoms with E-state index in [1.54, 1.807) is 32.0 Å². The number of ether oxygens (including phenoxy) is 2. The normalized spacial score (nSPS) is 10.2. The van der Waals surface area contributed by atoms with E-state index in [0.29, 0.717) is 22.1 Å². The first kappa shape index (κ1) is 16.8. The highest BCUT2D eigenvalue weighted by Gasteiger charge is 2.12. The van der Waals surface area contributed by atoms with Crippen molar-refractivity contribution in [1.29, 1.82) is 0 Å². The standard InChI is InChI=1S/C16H14ClNO5/c1-10-7-12(17)3-5-15(10)23-16(19)9-22-14-6-4-13(18(20)21)8-11(14)2/h3-8H,9H2,1-2H3. The molecule has 0 saturated heterocycles. The number of esters is 1. The highest BCUT2D eigenvalue weighted by Crippen LogP contribution is 2.24. The highest BCUT2D eigenvalue weighted by atomic mass is 35.5. The quantitative estimate of drug-likeness (QED) is 0.359. The van der Waals surface area contributed by atoms with Crippen molar-refractivity contribution in [2.75, 3.05) is 6.61 Å². The lowest BCUT2D eigenvalue weighted by Crippen LogP contribution is -2.18. The lowest BCUT2D eigenvalue weighted by atomic mass is 10.2. The zero-order valence-corrected chi connectivity index (χ0v) is 13.3. The summed E-state index contributed by atoms with van der Waals surface area (Å²) in [7, 11) is 0. The molecule has 0 unspecified atom stereocenters. The van der Waals surface area contributed by atoms with Gasteiger partial charge >= 0.3 is 5.97 Å². The van der Waals surface area contributed by atoms with Crippen molar-refractivity contribution in [2.24, 2.45) is 0 Å². The van der Waals surface area contributed by atoms with E-state index >= 15 is 0 Å². The number of carbonyl (C=O) groups excluding carboxylic acids is 1. The predicted octanol–water partition coefficient (Wildman–Crippen LogP) is 3.85. The molecular weight excluding hydrogens is 322 g/mol. The Bertz CT molecular complexity index is 760. The Labute approximate surface area is 137 Å². The minimum atomic E-state index is -0.576. The van der Waals surface area contributed by atoms with Crippen molar-refractivity contribution >= 4 is 23.3 Å². The van der Waals surface area contributed by atoms with E-state index in [0.717, 1.165) is 5.56 Å². The molecular formula is C16H14ClNO5. The van der Waals surface area contributed by atoms with Crippen LogP contribution in [0.2, 0.25) is 5.02 Å². The Morgan fingerprint density at radius 1 is 1.13 bits per heavy atom. The average Bonchev–Trinajstić information content (AvgIpc) is 2.48. The summed E-state index contributed by atoms with van der Waals surface area (Å²) in [5.74, 6) is 0.219. The number of benzene rings is 2. The van der Waals surface area contributed by atoms with Gasteiger partial charge in [0.05, 0.1) is 4.92 Å². The van der Waals surface area contributed by atoms with Crippen LogP contribution in [0.4, 0.5) is 5.69 Å². The van der Waals surface area contributed by atoms with E-state index in [1.807, 2.05) is 0 Å². The fourth-order valence-electron chi connectivity index (χ4n) is 1.93. The Kier molecular flexibility index (Phi) is 5.18. The van der Waals surface area contributed by atoms with Gasteiger partial charge in [-0.1, -0.05) is 11.6 Å². The molecule has 0 fully saturated rings. The number of hydrogen-bond acceptors (Lipinski definition) is 5. The minimum Gasteiger partial charge on any atom is -0.482 e. The second-order valence-corrected chi connectivity index (χ2v) is 5.32. The van der Waals surface area contributed by atoms with Gasteiger partial charge in [-0.05, 0) is 49.2 Å². The summed E-state index contributed by atoms with van der Waals surface area (Å²) in [5.41, 5.74) is 1.27. The van der Waals surface area contributed by atoms with Crippen LogP contribution in [0.1, 0.15) is 11.1 Å². The number of hydrogen-bond donors (Lipinski definition) is 0. The van der Waals surface area contributed by atoms with E-state index < -0.39 is 10.9 Å². The van der Waals surface area contributed by atoms with Crippen LogP contribution in [-0.2, 0) is 4.79 Å². The fraction of sp³-hybridized carbons (Fsp3) is 0.188. The van der Waals surface area contributed by atoms with Crippen LogP contribution in [0.3, 0.4) is 0 Å². The highest BCUT2D eigenvalue weighted by molar-refractivity contribution is 6.30. The third-order valence-electron chi connectivity index (χ3n) is 3.08. The third-order valence-corrected chi connectivity index (χ3v) is 3.31. The molecule has 0 heterocycles. The molecule has 6 nitrogen and oxygen atoms in total. The van der Waals surface area contributed by atoms with Crippen molar-refractivity contribution in [3.8, 4) is 11.5 Å². The molecule has 0 N–H and O–H groups in total.